The molecule has 32 heavy (non-hydrogen) atoms. The van der Waals surface area contributed by atoms with Crippen LogP contribution in [0.3, 0.4) is 0 Å². The zero-order chi connectivity index (χ0) is 22.4. The number of hydrogen-bond donors (Lipinski definition) is 1. The van der Waals surface area contributed by atoms with Gasteiger partial charge in [0.05, 0.1) is 7.11 Å². The first kappa shape index (κ1) is 20.6. The number of carbonyl (C=O) groups excluding carboxylic acids is 2. The zero-order valence-electron chi connectivity index (χ0n) is 18.5. The quantitative estimate of drug-likeness (QED) is 0.715. The Balaban J connectivity index is 1.76. The maximum Gasteiger partial charge on any atom is 0.161 e. The van der Waals surface area contributed by atoms with Gasteiger partial charge in [0.2, 0.25) is 0 Å². The number of carbonyl (C=O) groups is 2. The molecule has 0 bridgehead atoms. The Hall–Kier alpha value is -3.34. The van der Waals surface area contributed by atoms with Crippen LogP contribution in [-0.2, 0) is 9.59 Å². The van der Waals surface area contributed by atoms with E-state index in [1.54, 1.807) is 12.1 Å². The third kappa shape index (κ3) is 3.24. The predicted octanol–water partition coefficient (Wildman–Crippen LogP) is 5.33. The van der Waals surface area contributed by atoms with E-state index in [-0.39, 0.29) is 17.3 Å². The monoisotopic (exact) mass is 429 g/mol. The highest BCUT2D eigenvalue weighted by molar-refractivity contribution is 6.07. The minimum atomic E-state index is -0.445. The first-order valence-corrected chi connectivity index (χ1v) is 11.3. The molecule has 0 radical (unpaired) electrons. The van der Waals surface area contributed by atoms with Crippen molar-refractivity contribution in [1.29, 1.82) is 0 Å². The van der Waals surface area contributed by atoms with Crippen molar-refractivity contribution in [3.05, 3.63) is 76.1 Å². The molecular weight excluding hydrogens is 402 g/mol. The van der Waals surface area contributed by atoms with Gasteiger partial charge in [-0.15, -0.1) is 0 Å². The molecule has 2 aromatic carbocycles. The van der Waals surface area contributed by atoms with Crippen molar-refractivity contribution in [3.8, 4) is 11.5 Å². The molecular formula is C27H27NO4. The van der Waals surface area contributed by atoms with Crippen molar-refractivity contribution in [2.45, 2.75) is 51.4 Å². The van der Waals surface area contributed by atoms with Gasteiger partial charge in [0.25, 0.3) is 0 Å². The maximum atomic E-state index is 13.3. The third-order valence-electron chi connectivity index (χ3n) is 6.80. The van der Waals surface area contributed by atoms with Crippen LogP contribution in [0.5, 0.6) is 11.5 Å². The molecule has 0 aromatic heterocycles. The predicted molar refractivity (Wildman–Crippen MR) is 123 cm³/mol. The van der Waals surface area contributed by atoms with Crippen molar-refractivity contribution in [2.75, 3.05) is 12.0 Å². The number of rotatable bonds is 3. The highest BCUT2D eigenvalue weighted by Crippen LogP contribution is 2.51. The number of phenols is 1. The lowest BCUT2D eigenvalue weighted by Crippen LogP contribution is -2.39. The summed E-state index contributed by atoms with van der Waals surface area (Å²) < 4.78 is 5.21. The molecule has 1 N–H and O–H groups in total. The minimum Gasteiger partial charge on any atom is -0.504 e. The van der Waals surface area contributed by atoms with E-state index in [2.05, 4.69) is 36.1 Å². The second-order valence-corrected chi connectivity index (χ2v) is 8.81. The molecule has 1 aliphatic heterocycles. The lowest BCUT2D eigenvalue weighted by molar-refractivity contribution is -0.116. The van der Waals surface area contributed by atoms with E-state index < -0.39 is 5.92 Å². The van der Waals surface area contributed by atoms with Crippen LogP contribution in [0.25, 0.3) is 0 Å². The van der Waals surface area contributed by atoms with E-state index in [0.29, 0.717) is 29.7 Å². The number of ketones is 2. The molecule has 0 unspecified atom stereocenters. The average Bonchev–Trinajstić information content (AvgIpc) is 2.79. The summed E-state index contributed by atoms with van der Waals surface area (Å²) in [4.78, 5) is 28.8. The molecule has 5 rings (SSSR count). The normalized spacial score (nSPS) is 19.2. The molecule has 0 atom stereocenters. The molecule has 164 valence electrons. The number of aromatic hydroxyl groups is 1. The van der Waals surface area contributed by atoms with Gasteiger partial charge in [0.1, 0.15) is 0 Å². The molecule has 0 fully saturated rings. The van der Waals surface area contributed by atoms with Gasteiger partial charge < -0.3 is 14.7 Å². The van der Waals surface area contributed by atoms with Crippen molar-refractivity contribution in [2.24, 2.45) is 0 Å². The topological polar surface area (TPSA) is 66.8 Å². The number of anilines is 1. The molecule has 0 saturated carbocycles. The number of hydrogen-bond acceptors (Lipinski definition) is 5. The van der Waals surface area contributed by atoms with Crippen LogP contribution in [0.4, 0.5) is 5.69 Å². The minimum absolute atomic E-state index is 0.0155. The molecule has 3 aliphatic rings. The van der Waals surface area contributed by atoms with Gasteiger partial charge in [0.15, 0.2) is 23.1 Å². The third-order valence-corrected chi connectivity index (χ3v) is 6.80. The number of allylic oxidation sites excluding steroid dienone is 4. The molecule has 2 aliphatic carbocycles. The first-order valence-electron chi connectivity index (χ1n) is 11.3. The summed E-state index contributed by atoms with van der Waals surface area (Å²) in [6.07, 6.45) is 4.15. The van der Waals surface area contributed by atoms with Crippen LogP contribution in [0.1, 0.15) is 55.6 Å². The van der Waals surface area contributed by atoms with Crippen LogP contribution in [0.15, 0.2) is 65.0 Å². The van der Waals surface area contributed by atoms with E-state index in [1.165, 1.54) is 12.7 Å². The second kappa shape index (κ2) is 7.97. The van der Waals surface area contributed by atoms with E-state index in [9.17, 15) is 14.7 Å². The van der Waals surface area contributed by atoms with Crippen LogP contribution in [0.2, 0.25) is 0 Å². The fraction of sp³-hybridized carbons (Fsp3) is 0.333. The Bertz CT molecular complexity index is 1130. The van der Waals surface area contributed by atoms with Gasteiger partial charge in [-0.25, -0.2) is 0 Å². The lowest BCUT2D eigenvalue weighted by atomic mass is 9.71. The highest BCUT2D eigenvalue weighted by Gasteiger charge is 2.43. The number of phenolic OH excluding ortho intramolecular Hbond substituents is 1. The summed E-state index contributed by atoms with van der Waals surface area (Å²) >= 11 is 0. The van der Waals surface area contributed by atoms with Gasteiger partial charge >= 0.3 is 0 Å². The second-order valence-electron chi connectivity index (χ2n) is 8.81. The van der Waals surface area contributed by atoms with Crippen molar-refractivity contribution < 1.29 is 19.4 Å². The van der Waals surface area contributed by atoms with Gasteiger partial charge in [-0.1, -0.05) is 23.8 Å². The van der Waals surface area contributed by atoms with E-state index >= 15 is 0 Å². The fourth-order valence-electron chi connectivity index (χ4n) is 5.35. The molecule has 5 heteroatoms. The van der Waals surface area contributed by atoms with Crippen molar-refractivity contribution >= 4 is 17.3 Å². The van der Waals surface area contributed by atoms with E-state index in [4.69, 9.17) is 4.74 Å². The lowest BCUT2D eigenvalue weighted by Gasteiger charge is -2.44. The molecule has 2 aromatic rings. The molecule has 0 spiro atoms. The van der Waals surface area contributed by atoms with Gasteiger partial charge in [-0.05, 0) is 62.4 Å². The van der Waals surface area contributed by atoms with Crippen LogP contribution < -0.4 is 9.64 Å². The van der Waals surface area contributed by atoms with Crippen LogP contribution in [-0.4, -0.2) is 23.8 Å². The summed E-state index contributed by atoms with van der Waals surface area (Å²) in [5, 5.41) is 10.5. The maximum absolute atomic E-state index is 13.3. The van der Waals surface area contributed by atoms with E-state index in [1.807, 2.05) is 6.07 Å². The molecule has 5 nitrogen and oxygen atoms in total. The SMILES string of the molecule is COc1ccc(C2C3=C(CCCC3=O)N(c3ccc(C)cc3)C3=C2C(=O)CCC3)cc1O. The standard InChI is InChI=1S/C27H27NO4/c1-16-9-12-18(13-10-16)28-19-5-3-7-21(29)26(19)25(27-20(28)6-4-8-22(27)30)17-11-14-24(32-2)23(31)15-17/h9-15,25,31H,3-8H2,1-2H3. The van der Waals surface area contributed by atoms with Crippen molar-refractivity contribution in [1.82, 2.24) is 0 Å². The molecule has 0 saturated heterocycles. The summed E-state index contributed by atoms with van der Waals surface area (Å²) in [6, 6.07) is 13.5. The Morgan fingerprint density at radius 2 is 1.47 bits per heavy atom. The van der Waals surface area contributed by atoms with Gasteiger partial charge in [-0.3, -0.25) is 9.59 Å². The number of Topliss-reactive ketones (excluding diaryl/α,β-unsaturated/α-hetero) is 2. The molecule has 0 amide bonds. The molecule has 1 heterocycles. The summed E-state index contributed by atoms with van der Waals surface area (Å²) in [5.74, 6) is 0.127. The number of ether oxygens (including phenoxy) is 1. The van der Waals surface area contributed by atoms with Crippen LogP contribution >= 0.6 is 0 Å². The van der Waals surface area contributed by atoms with E-state index in [0.717, 1.165) is 48.3 Å². The Kier molecular flexibility index (Phi) is 5.12. The van der Waals surface area contributed by atoms with Crippen LogP contribution in [0, 0.1) is 6.92 Å². The summed E-state index contributed by atoms with van der Waals surface area (Å²) in [5.41, 5.74) is 6.33. The summed E-state index contributed by atoms with van der Waals surface area (Å²) in [6.45, 7) is 2.05. The first-order chi connectivity index (χ1) is 15.5. The van der Waals surface area contributed by atoms with Gasteiger partial charge in [0, 0.05) is 47.0 Å². The Morgan fingerprint density at radius 3 is 2.00 bits per heavy atom. The number of methoxy groups -OCH3 is 1. The average molecular weight is 430 g/mol. The largest absolute Gasteiger partial charge is 0.504 e. The number of aryl methyl sites for hydroxylation is 1. The van der Waals surface area contributed by atoms with Gasteiger partial charge in [-0.2, -0.15) is 0 Å². The fourth-order valence-corrected chi connectivity index (χ4v) is 5.35. The van der Waals surface area contributed by atoms with Crippen molar-refractivity contribution in [3.63, 3.8) is 0 Å². The number of nitrogens with zero attached hydrogens (tertiary/aromatic N) is 1. The number of benzene rings is 2. The Morgan fingerprint density at radius 1 is 0.875 bits per heavy atom. The Labute approximate surface area is 188 Å². The zero-order valence-corrected chi connectivity index (χ0v) is 18.5. The summed E-state index contributed by atoms with van der Waals surface area (Å²) in [7, 11) is 1.51. The highest BCUT2D eigenvalue weighted by atomic mass is 16.5. The smallest absolute Gasteiger partial charge is 0.161 e.